The minimum Gasteiger partial charge on any atom is -0.468 e. The van der Waals surface area contributed by atoms with E-state index in [2.05, 4.69) is 11.6 Å². The van der Waals surface area contributed by atoms with E-state index in [1.165, 1.54) is 10.4 Å². The molecule has 0 bridgehead atoms. The first kappa shape index (κ1) is 20.0. The summed E-state index contributed by atoms with van der Waals surface area (Å²) in [5.74, 6) is 1.37. The lowest BCUT2D eigenvalue weighted by atomic mass is 10.2. The number of aliphatic hydroxyl groups excluding tert-OH is 1. The van der Waals surface area contributed by atoms with E-state index in [0.29, 0.717) is 32.1 Å². The Hall–Kier alpha value is -2.26. The number of aromatic amines is 1. The first-order chi connectivity index (χ1) is 14.1. The number of aromatic nitrogens is 2. The van der Waals surface area contributed by atoms with Crippen molar-refractivity contribution in [2.75, 3.05) is 19.8 Å². The molecule has 4 rings (SSSR count). The molecule has 0 aliphatic heterocycles. The maximum Gasteiger partial charge on any atom is 0.259 e. The largest absolute Gasteiger partial charge is 0.468 e. The molecule has 0 saturated heterocycles. The summed E-state index contributed by atoms with van der Waals surface area (Å²) in [7, 11) is 0. The van der Waals surface area contributed by atoms with E-state index < -0.39 is 6.10 Å². The zero-order chi connectivity index (χ0) is 20.2. The second-order valence-electron chi connectivity index (χ2n) is 7.28. The Balaban J connectivity index is 1.53. The molecule has 1 aliphatic carbocycles. The summed E-state index contributed by atoms with van der Waals surface area (Å²) in [4.78, 5) is 24.5. The van der Waals surface area contributed by atoms with Crippen LogP contribution in [0.1, 0.15) is 28.4 Å². The van der Waals surface area contributed by atoms with Crippen molar-refractivity contribution in [1.82, 2.24) is 14.9 Å². The van der Waals surface area contributed by atoms with Gasteiger partial charge in [0.2, 0.25) is 0 Å². The van der Waals surface area contributed by atoms with Gasteiger partial charge in [-0.3, -0.25) is 9.69 Å². The van der Waals surface area contributed by atoms with Crippen LogP contribution in [-0.4, -0.2) is 45.8 Å². The molecule has 0 radical (unpaired) electrons. The van der Waals surface area contributed by atoms with Crippen LogP contribution in [0.15, 0.2) is 40.3 Å². The van der Waals surface area contributed by atoms with Gasteiger partial charge in [0.25, 0.3) is 5.56 Å². The molecule has 29 heavy (non-hydrogen) atoms. The summed E-state index contributed by atoms with van der Waals surface area (Å²) in [6, 6.07) is 3.72. The molecule has 3 heterocycles. The third-order valence-electron chi connectivity index (χ3n) is 4.97. The number of hydrogen-bond acceptors (Lipinski definition) is 7. The van der Waals surface area contributed by atoms with E-state index in [-0.39, 0.29) is 12.2 Å². The molecule has 3 aromatic rings. The Morgan fingerprint density at radius 2 is 2.34 bits per heavy atom. The monoisotopic (exact) mass is 415 g/mol. The van der Waals surface area contributed by atoms with E-state index in [0.717, 1.165) is 35.2 Å². The number of nitrogens with zero attached hydrogens (tertiary/aromatic N) is 2. The average molecular weight is 416 g/mol. The lowest BCUT2D eigenvalue weighted by Crippen LogP contribution is -2.35. The highest BCUT2D eigenvalue weighted by Crippen LogP contribution is 2.34. The summed E-state index contributed by atoms with van der Waals surface area (Å²) in [6.07, 6.45) is 5.70. The van der Waals surface area contributed by atoms with Crippen LogP contribution < -0.4 is 5.56 Å². The summed E-state index contributed by atoms with van der Waals surface area (Å²) < 4.78 is 10.8. The van der Waals surface area contributed by atoms with Crippen molar-refractivity contribution in [1.29, 1.82) is 0 Å². The Bertz CT molecular complexity index is 1020. The lowest BCUT2D eigenvalue weighted by Gasteiger charge is -2.23. The number of furan rings is 1. The molecule has 0 amide bonds. The maximum absolute atomic E-state index is 12.7. The summed E-state index contributed by atoms with van der Waals surface area (Å²) in [5, 5.41) is 11.1. The number of thiophene rings is 1. The fourth-order valence-corrected chi connectivity index (χ4v) is 5.06. The number of nitrogens with one attached hydrogen (secondary N) is 1. The molecule has 7 nitrogen and oxygen atoms in total. The molecule has 0 fully saturated rings. The van der Waals surface area contributed by atoms with Crippen LogP contribution in [-0.2, 0) is 30.7 Å². The van der Waals surface area contributed by atoms with Gasteiger partial charge in [-0.25, -0.2) is 4.98 Å². The van der Waals surface area contributed by atoms with Gasteiger partial charge in [-0.1, -0.05) is 6.08 Å². The second kappa shape index (κ2) is 9.04. The highest BCUT2D eigenvalue weighted by Gasteiger charge is 2.22. The molecule has 2 N–H and O–H groups in total. The van der Waals surface area contributed by atoms with Gasteiger partial charge >= 0.3 is 0 Å². The number of rotatable bonds is 10. The Morgan fingerprint density at radius 1 is 1.45 bits per heavy atom. The van der Waals surface area contributed by atoms with Gasteiger partial charge in [0.15, 0.2) is 0 Å². The molecule has 1 aliphatic rings. The molecule has 1 atom stereocenters. The zero-order valence-corrected chi connectivity index (χ0v) is 17.0. The number of hydrogen-bond donors (Lipinski definition) is 2. The molecule has 0 saturated carbocycles. The topological polar surface area (TPSA) is 91.6 Å². The molecule has 0 spiro atoms. The second-order valence-corrected chi connectivity index (χ2v) is 8.36. The van der Waals surface area contributed by atoms with Gasteiger partial charge in [0.1, 0.15) is 16.4 Å². The van der Waals surface area contributed by atoms with E-state index in [1.807, 2.05) is 17.0 Å². The van der Waals surface area contributed by atoms with Crippen LogP contribution in [0.2, 0.25) is 0 Å². The van der Waals surface area contributed by atoms with Crippen molar-refractivity contribution in [3.63, 3.8) is 0 Å². The fourth-order valence-electron chi connectivity index (χ4n) is 3.78. The third-order valence-corrected chi connectivity index (χ3v) is 6.16. The average Bonchev–Trinajstić information content (AvgIpc) is 3.39. The molecular weight excluding hydrogens is 390 g/mol. The van der Waals surface area contributed by atoms with Crippen LogP contribution >= 0.6 is 11.3 Å². The predicted molar refractivity (Wildman–Crippen MR) is 112 cm³/mol. The number of aryl methyl sites for hydroxylation is 2. The van der Waals surface area contributed by atoms with Gasteiger partial charge < -0.3 is 19.2 Å². The van der Waals surface area contributed by atoms with Crippen molar-refractivity contribution >= 4 is 21.6 Å². The Kier molecular flexibility index (Phi) is 6.25. The molecule has 0 aromatic carbocycles. The number of ether oxygens (including phenoxy) is 1. The first-order valence-corrected chi connectivity index (χ1v) is 10.6. The fraction of sp³-hybridized carbons (Fsp3) is 0.429. The van der Waals surface area contributed by atoms with Crippen LogP contribution in [0.5, 0.6) is 0 Å². The maximum atomic E-state index is 12.7. The van der Waals surface area contributed by atoms with E-state index in [1.54, 1.807) is 23.7 Å². The molecule has 1 unspecified atom stereocenters. The van der Waals surface area contributed by atoms with Gasteiger partial charge in [0.05, 0.1) is 44.1 Å². The van der Waals surface area contributed by atoms with Crippen molar-refractivity contribution in [3.8, 4) is 0 Å². The third kappa shape index (κ3) is 4.67. The Morgan fingerprint density at radius 3 is 3.14 bits per heavy atom. The molecule has 154 valence electrons. The van der Waals surface area contributed by atoms with Gasteiger partial charge in [-0.15, -0.1) is 17.9 Å². The normalized spacial score (nSPS) is 14.6. The van der Waals surface area contributed by atoms with Crippen molar-refractivity contribution in [2.24, 2.45) is 0 Å². The van der Waals surface area contributed by atoms with Crippen molar-refractivity contribution in [2.45, 2.75) is 38.5 Å². The van der Waals surface area contributed by atoms with Crippen molar-refractivity contribution in [3.05, 3.63) is 63.4 Å². The highest BCUT2D eigenvalue weighted by atomic mass is 32.1. The van der Waals surface area contributed by atoms with Crippen LogP contribution in [0.4, 0.5) is 0 Å². The lowest BCUT2D eigenvalue weighted by molar-refractivity contribution is 0.0210. The smallest absolute Gasteiger partial charge is 0.259 e. The van der Waals surface area contributed by atoms with Crippen molar-refractivity contribution < 1.29 is 14.3 Å². The van der Waals surface area contributed by atoms with Crippen LogP contribution in [0.3, 0.4) is 0 Å². The number of aliphatic hydroxyl groups is 1. The van der Waals surface area contributed by atoms with Gasteiger partial charge in [-0.05, 0) is 37.0 Å². The standard InChI is InChI=1S/C21H25N3O4S/c1-2-8-27-13-14(25)10-24(11-15-5-4-9-28-15)12-18-22-20(26)19-16-6-3-7-17(16)29-21(19)23-18/h2,4-5,9,14,25H,1,3,6-8,10-13H2,(H,22,23,26). The summed E-state index contributed by atoms with van der Waals surface area (Å²) in [6.45, 7) is 5.46. The highest BCUT2D eigenvalue weighted by molar-refractivity contribution is 7.18. The van der Waals surface area contributed by atoms with Gasteiger partial charge in [-0.2, -0.15) is 0 Å². The van der Waals surface area contributed by atoms with E-state index in [4.69, 9.17) is 14.1 Å². The summed E-state index contributed by atoms with van der Waals surface area (Å²) in [5.41, 5.74) is 1.10. The predicted octanol–water partition coefficient (Wildman–Crippen LogP) is 2.63. The Labute approximate surface area is 172 Å². The SMILES string of the molecule is C=CCOCC(O)CN(Cc1nc2sc3c(c2c(=O)[nH]1)CCC3)Cc1ccco1. The van der Waals surface area contributed by atoms with Crippen LogP contribution in [0.25, 0.3) is 10.2 Å². The quantitative estimate of drug-likeness (QED) is 0.391. The first-order valence-electron chi connectivity index (χ1n) is 9.79. The number of fused-ring (bicyclic) bond motifs is 3. The number of H-pyrrole nitrogens is 1. The van der Waals surface area contributed by atoms with Gasteiger partial charge in [0, 0.05) is 11.4 Å². The van der Waals surface area contributed by atoms with E-state index >= 15 is 0 Å². The molecule has 8 heteroatoms. The summed E-state index contributed by atoms with van der Waals surface area (Å²) >= 11 is 1.63. The molecule has 3 aromatic heterocycles. The zero-order valence-electron chi connectivity index (χ0n) is 16.2. The van der Waals surface area contributed by atoms with Crippen LogP contribution in [0, 0.1) is 0 Å². The molecular formula is C21H25N3O4S. The minimum absolute atomic E-state index is 0.0720. The minimum atomic E-state index is -0.675. The van der Waals surface area contributed by atoms with E-state index in [9.17, 15) is 9.90 Å².